The molecule has 1 rings (SSSR count). The van der Waals surface area contributed by atoms with Crippen molar-refractivity contribution in [3.63, 3.8) is 0 Å². The Hall–Kier alpha value is -1.14. The second-order valence-electron chi connectivity index (χ2n) is 5.40. The number of nitrogens with one attached hydrogen (secondary N) is 1. The van der Waals surface area contributed by atoms with E-state index in [2.05, 4.69) is 5.32 Å². The average Bonchev–Trinajstić information content (AvgIpc) is 2.73. The predicted molar refractivity (Wildman–Crippen MR) is 70.9 cm³/mol. The van der Waals surface area contributed by atoms with Gasteiger partial charge in [-0.3, -0.25) is 14.5 Å². The van der Waals surface area contributed by atoms with Gasteiger partial charge < -0.3 is 15.2 Å². The Kier molecular flexibility index (Phi) is 6.24. The topological polar surface area (TPSA) is 78.9 Å². The van der Waals surface area contributed by atoms with Gasteiger partial charge in [-0.15, -0.1) is 0 Å². The molecule has 110 valence electrons. The molecule has 0 aromatic heterocycles. The highest BCUT2D eigenvalue weighted by molar-refractivity contribution is 5.76. The number of carboxylic acid groups (broad SMARTS) is 1. The van der Waals surface area contributed by atoms with Crippen molar-refractivity contribution < 1.29 is 19.4 Å². The third-order valence-corrected chi connectivity index (χ3v) is 3.14. The standard InChI is InChI=1S/C13H24N2O4/c1-9(2)19-13(18)11-5-4-10(14-11)6-7-15(3)8-12(16)17/h9-11,14H,4-8H2,1-3H3,(H,16,17). The maximum absolute atomic E-state index is 11.7. The lowest BCUT2D eigenvalue weighted by Gasteiger charge is -2.18. The van der Waals surface area contributed by atoms with Crippen LogP contribution in [0, 0.1) is 0 Å². The molecule has 0 aromatic carbocycles. The summed E-state index contributed by atoms with van der Waals surface area (Å²) in [5.41, 5.74) is 0. The van der Waals surface area contributed by atoms with E-state index < -0.39 is 5.97 Å². The first-order valence-electron chi connectivity index (χ1n) is 6.75. The van der Waals surface area contributed by atoms with Crippen LogP contribution >= 0.6 is 0 Å². The van der Waals surface area contributed by atoms with Crippen LogP contribution in [0.25, 0.3) is 0 Å². The Morgan fingerprint density at radius 1 is 1.42 bits per heavy atom. The molecular weight excluding hydrogens is 248 g/mol. The molecular formula is C13H24N2O4. The van der Waals surface area contributed by atoms with Gasteiger partial charge in [0.2, 0.25) is 0 Å². The summed E-state index contributed by atoms with van der Waals surface area (Å²) in [6, 6.07) is 0.0538. The molecule has 19 heavy (non-hydrogen) atoms. The lowest BCUT2D eigenvalue weighted by Crippen LogP contribution is -2.39. The SMILES string of the molecule is CC(C)OC(=O)C1CCC(CCN(C)CC(=O)O)N1. The summed E-state index contributed by atoms with van der Waals surface area (Å²) in [4.78, 5) is 24.0. The van der Waals surface area contributed by atoms with Crippen molar-refractivity contribution in [3.8, 4) is 0 Å². The number of aliphatic carboxylic acids is 1. The molecule has 1 saturated heterocycles. The fourth-order valence-corrected chi connectivity index (χ4v) is 2.23. The quantitative estimate of drug-likeness (QED) is 0.656. The van der Waals surface area contributed by atoms with Crippen LogP contribution in [0.4, 0.5) is 0 Å². The van der Waals surface area contributed by atoms with E-state index in [4.69, 9.17) is 9.84 Å². The Labute approximate surface area is 114 Å². The summed E-state index contributed by atoms with van der Waals surface area (Å²) in [6.45, 7) is 4.43. The van der Waals surface area contributed by atoms with E-state index in [9.17, 15) is 9.59 Å². The highest BCUT2D eigenvalue weighted by atomic mass is 16.5. The molecule has 0 aliphatic carbocycles. The number of rotatable bonds is 7. The first-order valence-corrected chi connectivity index (χ1v) is 6.75. The van der Waals surface area contributed by atoms with Crippen LogP contribution in [0.3, 0.4) is 0 Å². The number of hydrogen-bond donors (Lipinski definition) is 2. The van der Waals surface area contributed by atoms with E-state index in [0.717, 1.165) is 19.3 Å². The van der Waals surface area contributed by atoms with Crippen molar-refractivity contribution in [2.75, 3.05) is 20.1 Å². The van der Waals surface area contributed by atoms with Gasteiger partial charge in [-0.1, -0.05) is 0 Å². The third kappa shape index (κ3) is 6.02. The van der Waals surface area contributed by atoms with Crippen LogP contribution in [0.2, 0.25) is 0 Å². The molecule has 6 nitrogen and oxygen atoms in total. The number of esters is 1. The molecule has 1 fully saturated rings. The number of nitrogens with zero attached hydrogens (tertiary/aromatic N) is 1. The second kappa shape index (κ2) is 7.45. The molecule has 1 aliphatic rings. The molecule has 0 amide bonds. The normalized spacial score (nSPS) is 23.0. The summed E-state index contributed by atoms with van der Waals surface area (Å²) in [5, 5.41) is 11.9. The fourth-order valence-electron chi connectivity index (χ4n) is 2.23. The zero-order valence-corrected chi connectivity index (χ0v) is 11.9. The minimum absolute atomic E-state index is 0.0472. The molecule has 2 atom stereocenters. The van der Waals surface area contributed by atoms with E-state index in [0.29, 0.717) is 6.54 Å². The Bertz CT molecular complexity index is 320. The zero-order chi connectivity index (χ0) is 14.4. The second-order valence-corrected chi connectivity index (χ2v) is 5.40. The van der Waals surface area contributed by atoms with Gasteiger partial charge in [0.15, 0.2) is 0 Å². The summed E-state index contributed by atoms with van der Waals surface area (Å²) in [5.74, 6) is -1.00. The first-order chi connectivity index (χ1) is 8.88. The largest absolute Gasteiger partial charge is 0.480 e. The molecule has 0 spiro atoms. The van der Waals surface area contributed by atoms with Gasteiger partial charge in [-0.25, -0.2) is 0 Å². The Morgan fingerprint density at radius 3 is 2.68 bits per heavy atom. The summed E-state index contributed by atoms with van der Waals surface area (Å²) in [7, 11) is 1.79. The van der Waals surface area contributed by atoms with Crippen molar-refractivity contribution in [2.24, 2.45) is 0 Å². The van der Waals surface area contributed by atoms with Crippen molar-refractivity contribution >= 4 is 11.9 Å². The van der Waals surface area contributed by atoms with Crippen LogP contribution in [-0.4, -0.2) is 60.3 Å². The minimum atomic E-state index is -0.819. The third-order valence-electron chi connectivity index (χ3n) is 3.14. The van der Waals surface area contributed by atoms with Crippen molar-refractivity contribution in [3.05, 3.63) is 0 Å². The highest BCUT2D eigenvalue weighted by Gasteiger charge is 2.30. The Morgan fingerprint density at radius 2 is 2.11 bits per heavy atom. The van der Waals surface area contributed by atoms with Crippen molar-refractivity contribution in [1.82, 2.24) is 10.2 Å². The first kappa shape index (κ1) is 15.9. The number of hydrogen-bond acceptors (Lipinski definition) is 5. The molecule has 6 heteroatoms. The van der Waals surface area contributed by atoms with Gasteiger partial charge in [-0.2, -0.15) is 0 Å². The lowest BCUT2D eigenvalue weighted by atomic mass is 10.1. The predicted octanol–water partition coefficient (Wildman–Crippen LogP) is 0.465. The molecule has 1 heterocycles. The monoisotopic (exact) mass is 272 g/mol. The molecule has 0 bridgehead atoms. The van der Waals surface area contributed by atoms with E-state index in [1.807, 2.05) is 13.8 Å². The van der Waals surface area contributed by atoms with E-state index in [1.54, 1.807) is 11.9 Å². The van der Waals surface area contributed by atoms with Crippen molar-refractivity contribution in [2.45, 2.75) is 51.3 Å². The van der Waals surface area contributed by atoms with Crippen LogP contribution in [-0.2, 0) is 14.3 Å². The van der Waals surface area contributed by atoms with E-state index in [1.165, 1.54) is 0 Å². The van der Waals surface area contributed by atoms with Crippen molar-refractivity contribution in [1.29, 1.82) is 0 Å². The van der Waals surface area contributed by atoms with Crippen LogP contribution in [0.5, 0.6) is 0 Å². The maximum atomic E-state index is 11.7. The van der Waals surface area contributed by atoms with Crippen LogP contribution < -0.4 is 5.32 Å². The van der Waals surface area contributed by atoms with Gasteiger partial charge in [0.1, 0.15) is 6.04 Å². The van der Waals surface area contributed by atoms with Gasteiger partial charge in [-0.05, 0) is 46.7 Å². The molecule has 2 unspecified atom stereocenters. The summed E-state index contributed by atoms with van der Waals surface area (Å²) < 4.78 is 5.17. The highest BCUT2D eigenvalue weighted by Crippen LogP contribution is 2.16. The molecule has 0 saturated carbocycles. The number of carbonyl (C=O) groups excluding carboxylic acids is 1. The molecule has 1 aliphatic heterocycles. The smallest absolute Gasteiger partial charge is 0.323 e. The zero-order valence-electron chi connectivity index (χ0n) is 11.9. The average molecular weight is 272 g/mol. The molecule has 0 radical (unpaired) electrons. The van der Waals surface area contributed by atoms with Gasteiger partial charge in [0.25, 0.3) is 0 Å². The van der Waals surface area contributed by atoms with Gasteiger partial charge in [0.05, 0.1) is 12.6 Å². The van der Waals surface area contributed by atoms with Gasteiger partial charge in [0, 0.05) is 6.04 Å². The van der Waals surface area contributed by atoms with Crippen LogP contribution in [0.15, 0.2) is 0 Å². The van der Waals surface area contributed by atoms with Crippen LogP contribution in [0.1, 0.15) is 33.1 Å². The number of carbonyl (C=O) groups is 2. The summed E-state index contributed by atoms with van der Waals surface area (Å²) in [6.07, 6.45) is 2.47. The number of ether oxygens (including phenoxy) is 1. The lowest BCUT2D eigenvalue weighted by molar-refractivity contribution is -0.149. The number of likely N-dealkylation sites (N-methyl/N-ethyl adjacent to an activating group) is 1. The minimum Gasteiger partial charge on any atom is -0.480 e. The Balaban J connectivity index is 2.25. The molecule has 0 aromatic rings. The number of carboxylic acids is 1. The van der Waals surface area contributed by atoms with Gasteiger partial charge >= 0.3 is 11.9 Å². The maximum Gasteiger partial charge on any atom is 0.323 e. The van der Waals surface area contributed by atoms with E-state index >= 15 is 0 Å². The fraction of sp³-hybridized carbons (Fsp3) is 0.846. The summed E-state index contributed by atoms with van der Waals surface area (Å²) >= 11 is 0. The molecule has 2 N–H and O–H groups in total. The van der Waals surface area contributed by atoms with E-state index in [-0.39, 0.29) is 30.7 Å².